The quantitative estimate of drug-likeness (QED) is 0.747. The first-order chi connectivity index (χ1) is 10.5. The van der Waals surface area contributed by atoms with Crippen LogP contribution >= 0.6 is 11.6 Å². The Kier molecular flexibility index (Phi) is 5.57. The van der Waals surface area contributed by atoms with Crippen LogP contribution in [-0.4, -0.2) is 48.3 Å². The zero-order chi connectivity index (χ0) is 16.1. The Morgan fingerprint density at radius 2 is 2.27 bits per heavy atom. The molecular formula is C14H17ClN2O5. The number of aromatic nitrogens is 1. The van der Waals surface area contributed by atoms with Crippen molar-refractivity contribution in [2.45, 2.75) is 18.9 Å². The van der Waals surface area contributed by atoms with Gasteiger partial charge in [-0.05, 0) is 24.8 Å². The fraction of sp³-hybridized carbons (Fsp3) is 0.500. The van der Waals surface area contributed by atoms with Crippen LogP contribution in [0.15, 0.2) is 12.3 Å². The highest BCUT2D eigenvalue weighted by atomic mass is 35.5. The van der Waals surface area contributed by atoms with E-state index in [0.717, 1.165) is 12.8 Å². The van der Waals surface area contributed by atoms with Crippen molar-refractivity contribution in [2.24, 2.45) is 5.92 Å². The van der Waals surface area contributed by atoms with E-state index in [9.17, 15) is 9.59 Å². The van der Waals surface area contributed by atoms with Gasteiger partial charge in [-0.25, -0.2) is 9.78 Å². The highest BCUT2D eigenvalue weighted by Gasteiger charge is 2.24. The van der Waals surface area contributed by atoms with Crippen molar-refractivity contribution >= 4 is 23.5 Å². The topological polar surface area (TPSA) is 97.8 Å². The monoisotopic (exact) mass is 328 g/mol. The molecule has 0 aliphatic heterocycles. The molecule has 1 atom stereocenters. The molecule has 1 fully saturated rings. The molecule has 1 aromatic rings. The Morgan fingerprint density at radius 1 is 1.55 bits per heavy atom. The SMILES string of the molecule is COCC(NC(=O)c1cnc(OCC2CC2)c(Cl)c1)C(=O)O. The molecule has 7 nitrogen and oxygen atoms in total. The number of pyridine rings is 1. The van der Waals surface area contributed by atoms with Gasteiger partial charge in [0, 0.05) is 13.3 Å². The van der Waals surface area contributed by atoms with E-state index in [1.54, 1.807) is 0 Å². The van der Waals surface area contributed by atoms with Gasteiger partial charge < -0.3 is 19.9 Å². The molecule has 1 aromatic heterocycles. The van der Waals surface area contributed by atoms with Crippen molar-refractivity contribution in [3.05, 3.63) is 22.8 Å². The van der Waals surface area contributed by atoms with E-state index in [1.807, 2.05) is 0 Å². The molecule has 0 aromatic carbocycles. The Balaban J connectivity index is 1.99. The summed E-state index contributed by atoms with van der Waals surface area (Å²) in [4.78, 5) is 27.0. The van der Waals surface area contributed by atoms with E-state index in [2.05, 4.69) is 10.3 Å². The van der Waals surface area contributed by atoms with E-state index < -0.39 is 17.9 Å². The lowest BCUT2D eigenvalue weighted by molar-refractivity contribution is -0.140. The van der Waals surface area contributed by atoms with Crippen LogP contribution in [0.3, 0.4) is 0 Å². The fourth-order valence-electron chi connectivity index (χ4n) is 1.72. The van der Waals surface area contributed by atoms with Crippen LogP contribution in [0.4, 0.5) is 0 Å². The van der Waals surface area contributed by atoms with Crippen LogP contribution < -0.4 is 10.1 Å². The molecule has 0 radical (unpaired) electrons. The number of methoxy groups -OCH3 is 1. The maximum absolute atomic E-state index is 12.0. The van der Waals surface area contributed by atoms with Gasteiger partial charge in [0.25, 0.3) is 5.91 Å². The third-order valence-corrected chi connectivity index (χ3v) is 3.43. The summed E-state index contributed by atoms with van der Waals surface area (Å²) in [5.74, 6) is -0.936. The lowest BCUT2D eigenvalue weighted by atomic mass is 10.2. The van der Waals surface area contributed by atoms with E-state index in [1.165, 1.54) is 19.4 Å². The molecule has 1 amide bonds. The number of rotatable bonds is 8. The zero-order valence-corrected chi connectivity index (χ0v) is 12.8. The molecule has 1 unspecified atom stereocenters. The summed E-state index contributed by atoms with van der Waals surface area (Å²) < 4.78 is 10.2. The van der Waals surface area contributed by atoms with Crippen LogP contribution in [-0.2, 0) is 9.53 Å². The number of ether oxygens (including phenoxy) is 2. The number of carboxylic acid groups (broad SMARTS) is 1. The Bertz CT molecular complexity index is 562. The lowest BCUT2D eigenvalue weighted by Crippen LogP contribution is -2.43. The van der Waals surface area contributed by atoms with E-state index in [4.69, 9.17) is 26.2 Å². The second-order valence-electron chi connectivity index (χ2n) is 5.08. The van der Waals surface area contributed by atoms with Crippen molar-refractivity contribution in [2.75, 3.05) is 20.3 Å². The van der Waals surface area contributed by atoms with Crippen LogP contribution in [0, 0.1) is 5.92 Å². The molecule has 1 aliphatic rings. The maximum atomic E-state index is 12.0. The van der Waals surface area contributed by atoms with Gasteiger partial charge in [0.1, 0.15) is 5.02 Å². The van der Waals surface area contributed by atoms with Crippen LogP contribution in [0.5, 0.6) is 5.88 Å². The maximum Gasteiger partial charge on any atom is 0.328 e. The summed E-state index contributed by atoms with van der Waals surface area (Å²) in [6.07, 6.45) is 3.59. The van der Waals surface area contributed by atoms with Gasteiger partial charge in [0.15, 0.2) is 6.04 Å². The summed E-state index contributed by atoms with van der Waals surface area (Å²) in [6, 6.07) is 0.264. The van der Waals surface area contributed by atoms with Crippen LogP contribution in [0.1, 0.15) is 23.2 Å². The minimum absolute atomic E-state index is 0.134. The zero-order valence-electron chi connectivity index (χ0n) is 12.0. The number of nitrogens with one attached hydrogen (secondary N) is 1. The summed E-state index contributed by atoms with van der Waals surface area (Å²) in [6.45, 7) is 0.429. The van der Waals surface area contributed by atoms with Crippen LogP contribution in [0.2, 0.25) is 5.02 Å². The summed E-state index contributed by atoms with van der Waals surface area (Å²) in [7, 11) is 1.35. The Morgan fingerprint density at radius 3 is 2.82 bits per heavy atom. The number of aliphatic carboxylic acids is 1. The largest absolute Gasteiger partial charge is 0.480 e. The molecule has 2 N–H and O–H groups in total. The van der Waals surface area contributed by atoms with Crippen molar-refractivity contribution in [1.29, 1.82) is 0 Å². The van der Waals surface area contributed by atoms with E-state index in [-0.39, 0.29) is 23.1 Å². The Hall–Kier alpha value is -1.86. The van der Waals surface area contributed by atoms with Gasteiger partial charge in [0.2, 0.25) is 5.88 Å². The van der Waals surface area contributed by atoms with Gasteiger partial charge in [-0.15, -0.1) is 0 Å². The van der Waals surface area contributed by atoms with Gasteiger partial charge >= 0.3 is 5.97 Å². The number of carbonyl (C=O) groups is 2. The molecular weight excluding hydrogens is 312 g/mol. The Labute approximate surface area is 132 Å². The van der Waals surface area contributed by atoms with Crippen molar-refractivity contribution < 1.29 is 24.2 Å². The molecule has 120 valence electrons. The highest BCUT2D eigenvalue weighted by molar-refractivity contribution is 6.32. The molecule has 0 spiro atoms. The number of halogens is 1. The van der Waals surface area contributed by atoms with Crippen LogP contribution in [0.25, 0.3) is 0 Å². The molecule has 22 heavy (non-hydrogen) atoms. The molecule has 0 bridgehead atoms. The van der Waals surface area contributed by atoms with Gasteiger partial charge in [-0.2, -0.15) is 0 Å². The second kappa shape index (κ2) is 7.42. The standard InChI is InChI=1S/C14H17ClN2O5/c1-21-7-11(14(19)20)17-12(18)9-4-10(15)13(16-5-9)22-6-8-2-3-8/h4-5,8,11H,2-3,6-7H2,1H3,(H,17,18)(H,19,20). The van der Waals surface area contributed by atoms with Crippen molar-refractivity contribution in [3.8, 4) is 5.88 Å². The smallest absolute Gasteiger partial charge is 0.328 e. The number of hydrogen-bond acceptors (Lipinski definition) is 5. The summed E-state index contributed by atoms with van der Waals surface area (Å²) >= 11 is 6.03. The van der Waals surface area contributed by atoms with E-state index in [0.29, 0.717) is 12.5 Å². The first kappa shape index (κ1) is 16.5. The average molecular weight is 329 g/mol. The summed E-state index contributed by atoms with van der Waals surface area (Å²) in [5.41, 5.74) is 0.158. The number of nitrogens with zero attached hydrogens (tertiary/aromatic N) is 1. The summed E-state index contributed by atoms with van der Waals surface area (Å²) in [5, 5.41) is 11.5. The first-order valence-electron chi connectivity index (χ1n) is 6.82. The predicted octanol–water partition coefficient (Wildman–Crippen LogP) is 1.35. The number of carboxylic acids is 1. The van der Waals surface area contributed by atoms with Crippen molar-refractivity contribution in [3.63, 3.8) is 0 Å². The second-order valence-corrected chi connectivity index (χ2v) is 5.49. The highest BCUT2D eigenvalue weighted by Crippen LogP contribution is 2.30. The molecule has 1 heterocycles. The molecule has 8 heteroatoms. The lowest BCUT2D eigenvalue weighted by Gasteiger charge is -2.14. The minimum Gasteiger partial charge on any atom is -0.480 e. The third kappa shape index (κ3) is 4.57. The predicted molar refractivity (Wildman–Crippen MR) is 78.2 cm³/mol. The number of amides is 1. The molecule has 2 rings (SSSR count). The molecule has 1 aliphatic carbocycles. The van der Waals surface area contributed by atoms with Gasteiger partial charge in [-0.1, -0.05) is 11.6 Å². The van der Waals surface area contributed by atoms with Gasteiger partial charge in [-0.3, -0.25) is 4.79 Å². The molecule has 0 saturated heterocycles. The number of carbonyl (C=O) groups excluding carboxylic acids is 1. The normalized spacial score (nSPS) is 15.2. The molecule has 1 saturated carbocycles. The third-order valence-electron chi connectivity index (χ3n) is 3.16. The minimum atomic E-state index is -1.18. The average Bonchev–Trinajstić information content (AvgIpc) is 3.29. The van der Waals surface area contributed by atoms with Crippen molar-refractivity contribution in [1.82, 2.24) is 10.3 Å². The number of hydrogen-bond donors (Lipinski definition) is 2. The fourth-order valence-corrected chi connectivity index (χ4v) is 1.94. The van der Waals surface area contributed by atoms with E-state index >= 15 is 0 Å². The first-order valence-corrected chi connectivity index (χ1v) is 7.20. The van der Waals surface area contributed by atoms with Gasteiger partial charge in [0.05, 0.1) is 18.8 Å².